The number of nitrogens with one attached hydrogen (secondary N) is 1. The van der Waals surface area contributed by atoms with Gasteiger partial charge in [0, 0.05) is 0 Å². The van der Waals surface area contributed by atoms with Crippen LogP contribution in [-0.2, 0) is 11.0 Å². The van der Waals surface area contributed by atoms with Gasteiger partial charge in [0.25, 0.3) is 0 Å². The molecule has 0 saturated heterocycles. The van der Waals surface area contributed by atoms with Gasteiger partial charge in [-0.05, 0) is 23.4 Å². The number of halogens is 4. The Morgan fingerprint density at radius 1 is 1.39 bits per heavy atom. The molecule has 1 aliphatic heterocycles. The van der Waals surface area contributed by atoms with Crippen molar-refractivity contribution < 1.29 is 22.4 Å². The minimum absolute atomic E-state index is 0.0884. The highest BCUT2D eigenvalue weighted by Gasteiger charge is 2.35. The van der Waals surface area contributed by atoms with Crippen molar-refractivity contribution in [3.63, 3.8) is 0 Å². The Morgan fingerprint density at radius 3 is 2.72 bits per heavy atom. The van der Waals surface area contributed by atoms with Gasteiger partial charge in [0.15, 0.2) is 12.5 Å². The summed E-state index contributed by atoms with van der Waals surface area (Å²) in [5, 5.41) is 7.66. The van der Waals surface area contributed by atoms with Crippen molar-refractivity contribution >= 4 is 12.0 Å². The summed E-state index contributed by atoms with van der Waals surface area (Å²) in [5.74, 6) is -1.39. The van der Waals surface area contributed by atoms with Gasteiger partial charge in [0.1, 0.15) is 5.82 Å². The first kappa shape index (κ1) is 12.3. The molecule has 0 amide bonds. The van der Waals surface area contributed by atoms with E-state index < -0.39 is 23.7 Å². The van der Waals surface area contributed by atoms with Gasteiger partial charge in [-0.2, -0.15) is 13.2 Å². The minimum Gasteiger partial charge on any atom is -0.299 e. The van der Waals surface area contributed by atoms with Gasteiger partial charge in [0.05, 0.1) is 11.3 Å². The fourth-order valence-corrected chi connectivity index (χ4v) is 1.42. The predicted molar refractivity (Wildman–Crippen MR) is 51.7 cm³/mol. The Labute approximate surface area is 98.0 Å². The fraction of sp³-hybridized carbons (Fsp3) is 0.222. The van der Waals surface area contributed by atoms with Gasteiger partial charge >= 0.3 is 6.18 Å². The molecule has 0 saturated carbocycles. The lowest BCUT2D eigenvalue weighted by molar-refractivity contribution is -0.139. The number of nitrogens with zero attached hydrogens (tertiary/aromatic N) is 3. The third-order valence-corrected chi connectivity index (χ3v) is 2.24. The molecule has 1 N–H and O–H groups in total. The highest BCUT2D eigenvalue weighted by Crippen LogP contribution is 2.34. The molecular weight excluding hydrogens is 256 g/mol. The van der Waals surface area contributed by atoms with Crippen LogP contribution in [0.15, 0.2) is 28.6 Å². The standard InChI is InChI=1S/C9H6F4N4O/c10-7-2-1-5(3-6(7)9(11,12)13)17-8(4-18)14-15-16-17/h1-4,8H,(H,14,16). The van der Waals surface area contributed by atoms with Crippen molar-refractivity contribution in [2.24, 2.45) is 10.4 Å². The topological polar surface area (TPSA) is 57.1 Å². The van der Waals surface area contributed by atoms with Crippen LogP contribution in [0.25, 0.3) is 0 Å². The SMILES string of the molecule is O=CC1NN=NN1c1ccc(F)c(C(F)(F)F)c1. The maximum Gasteiger partial charge on any atom is 0.419 e. The second kappa shape index (κ2) is 4.24. The van der Waals surface area contributed by atoms with E-state index in [1.54, 1.807) is 0 Å². The van der Waals surface area contributed by atoms with Gasteiger partial charge in [-0.25, -0.2) is 9.40 Å². The molecule has 1 heterocycles. The lowest BCUT2D eigenvalue weighted by atomic mass is 10.1. The Hall–Kier alpha value is -2.19. The van der Waals surface area contributed by atoms with Gasteiger partial charge in [-0.15, -0.1) is 0 Å². The van der Waals surface area contributed by atoms with E-state index >= 15 is 0 Å². The van der Waals surface area contributed by atoms with Crippen molar-refractivity contribution in [1.82, 2.24) is 5.43 Å². The van der Waals surface area contributed by atoms with E-state index in [0.717, 1.165) is 11.1 Å². The highest BCUT2D eigenvalue weighted by atomic mass is 19.4. The molecule has 1 aromatic rings. The maximum absolute atomic E-state index is 13.1. The second-order valence-electron chi connectivity index (χ2n) is 3.41. The van der Waals surface area contributed by atoms with E-state index in [-0.39, 0.29) is 5.69 Å². The third-order valence-electron chi connectivity index (χ3n) is 2.24. The zero-order valence-electron chi connectivity index (χ0n) is 8.65. The number of carbonyl (C=O) groups excluding carboxylic acids is 1. The number of hydrogen-bond acceptors (Lipinski definition) is 5. The van der Waals surface area contributed by atoms with E-state index in [1.807, 2.05) is 0 Å². The maximum atomic E-state index is 13.1. The molecule has 1 aromatic carbocycles. The van der Waals surface area contributed by atoms with E-state index in [2.05, 4.69) is 15.9 Å². The molecule has 0 aliphatic carbocycles. The average molecular weight is 262 g/mol. The summed E-state index contributed by atoms with van der Waals surface area (Å²) in [4.78, 5) is 10.6. The predicted octanol–water partition coefficient (Wildman–Crippen LogP) is 2.06. The summed E-state index contributed by atoms with van der Waals surface area (Å²) < 4.78 is 50.5. The lowest BCUT2D eigenvalue weighted by Crippen LogP contribution is -2.36. The van der Waals surface area contributed by atoms with Crippen molar-refractivity contribution in [3.8, 4) is 0 Å². The normalized spacial score (nSPS) is 18.9. The van der Waals surface area contributed by atoms with Crippen LogP contribution in [0, 0.1) is 5.82 Å². The summed E-state index contributed by atoms with van der Waals surface area (Å²) in [6.45, 7) is 0. The van der Waals surface area contributed by atoms with Crippen LogP contribution in [0.4, 0.5) is 23.2 Å². The molecule has 1 aliphatic rings. The van der Waals surface area contributed by atoms with Crippen LogP contribution in [0.2, 0.25) is 0 Å². The lowest BCUT2D eigenvalue weighted by Gasteiger charge is -2.18. The van der Waals surface area contributed by atoms with Crippen LogP contribution < -0.4 is 10.4 Å². The number of aldehydes is 1. The van der Waals surface area contributed by atoms with E-state index in [4.69, 9.17) is 0 Å². The van der Waals surface area contributed by atoms with Crippen molar-refractivity contribution in [2.75, 3.05) is 5.01 Å². The highest BCUT2D eigenvalue weighted by molar-refractivity contribution is 5.65. The summed E-state index contributed by atoms with van der Waals surface area (Å²) >= 11 is 0. The van der Waals surface area contributed by atoms with Gasteiger partial charge in [-0.3, -0.25) is 10.2 Å². The molecule has 96 valence electrons. The number of anilines is 1. The number of rotatable bonds is 2. The Bertz CT molecular complexity index is 502. The zero-order valence-corrected chi connectivity index (χ0v) is 8.65. The van der Waals surface area contributed by atoms with Crippen molar-refractivity contribution in [1.29, 1.82) is 0 Å². The third kappa shape index (κ3) is 2.11. The molecule has 0 radical (unpaired) electrons. The van der Waals surface area contributed by atoms with E-state index in [9.17, 15) is 22.4 Å². The molecule has 0 fully saturated rings. The van der Waals surface area contributed by atoms with Crippen LogP contribution in [-0.4, -0.2) is 12.5 Å². The Balaban J connectivity index is 2.41. The summed E-state index contributed by atoms with van der Waals surface area (Å²) in [5.41, 5.74) is 0.756. The number of benzene rings is 1. The largest absolute Gasteiger partial charge is 0.419 e. The quantitative estimate of drug-likeness (QED) is 0.655. The molecule has 0 spiro atoms. The molecule has 18 heavy (non-hydrogen) atoms. The van der Waals surface area contributed by atoms with E-state index in [1.165, 1.54) is 0 Å². The van der Waals surface area contributed by atoms with Gasteiger partial charge in [-0.1, -0.05) is 5.22 Å². The van der Waals surface area contributed by atoms with E-state index in [0.29, 0.717) is 18.4 Å². The smallest absolute Gasteiger partial charge is 0.299 e. The number of hydrogen-bond donors (Lipinski definition) is 1. The summed E-state index contributed by atoms with van der Waals surface area (Å²) in [7, 11) is 0. The minimum atomic E-state index is -4.82. The summed E-state index contributed by atoms with van der Waals surface area (Å²) in [6, 6.07) is 2.30. The molecule has 1 atom stereocenters. The first-order valence-corrected chi connectivity index (χ1v) is 4.71. The second-order valence-corrected chi connectivity index (χ2v) is 3.41. The van der Waals surface area contributed by atoms with Gasteiger partial charge in [0.2, 0.25) is 0 Å². The average Bonchev–Trinajstić information content (AvgIpc) is 2.76. The Kier molecular flexibility index (Phi) is 2.89. The number of carbonyl (C=O) groups is 1. The molecule has 2 rings (SSSR count). The Morgan fingerprint density at radius 2 is 2.11 bits per heavy atom. The summed E-state index contributed by atoms with van der Waals surface area (Å²) in [6.07, 6.45) is -5.41. The molecule has 1 unspecified atom stereocenters. The van der Waals surface area contributed by atoms with Crippen LogP contribution in [0.3, 0.4) is 0 Å². The van der Waals surface area contributed by atoms with Crippen molar-refractivity contribution in [3.05, 3.63) is 29.6 Å². The first-order valence-electron chi connectivity index (χ1n) is 4.71. The molecular formula is C9H6F4N4O. The van der Waals surface area contributed by atoms with Crippen LogP contribution in [0.5, 0.6) is 0 Å². The molecule has 5 nitrogen and oxygen atoms in total. The van der Waals surface area contributed by atoms with Gasteiger partial charge < -0.3 is 0 Å². The first-order chi connectivity index (χ1) is 8.43. The zero-order chi connectivity index (χ0) is 13.3. The molecule has 9 heteroatoms. The number of alkyl halides is 3. The van der Waals surface area contributed by atoms with Crippen LogP contribution in [0.1, 0.15) is 5.56 Å². The monoisotopic (exact) mass is 262 g/mol. The molecule has 0 bridgehead atoms. The van der Waals surface area contributed by atoms with Crippen molar-refractivity contribution in [2.45, 2.75) is 12.3 Å². The molecule has 0 aromatic heterocycles. The fourth-order valence-electron chi connectivity index (χ4n) is 1.42. The van der Waals surface area contributed by atoms with Crippen LogP contribution >= 0.6 is 0 Å².